The number of carbonyl (C=O) groups excluding carboxylic acids is 1. The van der Waals surface area contributed by atoms with Crippen LogP contribution in [0.2, 0.25) is 0 Å². The van der Waals surface area contributed by atoms with Crippen LogP contribution in [-0.2, 0) is 14.8 Å². The Morgan fingerprint density at radius 2 is 1.95 bits per heavy atom. The molecule has 20 heavy (non-hydrogen) atoms. The molecule has 0 aliphatic heterocycles. The van der Waals surface area contributed by atoms with Crippen LogP contribution in [0, 0.1) is 6.92 Å². The summed E-state index contributed by atoms with van der Waals surface area (Å²) in [6.07, 6.45) is 0. The Balaban J connectivity index is 3.08. The predicted octanol–water partition coefficient (Wildman–Crippen LogP) is 0.0412. The molecular formula is C11H16N2O6S. The zero-order valence-electron chi connectivity index (χ0n) is 11.5. The predicted molar refractivity (Wildman–Crippen MR) is 68.9 cm³/mol. The van der Waals surface area contributed by atoms with Gasteiger partial charge >= 0.3 is 5.97 Å². The number of carboxylic acids is 1. The minimum Gasteiger partial charge on any atom is -0.480 e. The average molecular weight is 304 g/mol. The summed E-state index contributed by atoms with van der Waals surface area (Å²) in [6.45, 7) is 2.72. The molecule has 0 bridgehead atoms. The van der Waals surface area contributed by atoms with Crippen molar-refractivity contribution in [1.29, 1.82) is 0 Å². The van der Waals surface area contributed by atoms with Gasteiger partial charge in [0.1, 0.15) is 11.8 Å². The summed E-state index contributed by atoms with van der Waals surface area (Å²) < 4.78 is 29.7. The number of sulfonamides is 1. The molecule has 0 fully saturated rings. The van der Waals surface area contributed by atoms with Crippen molar-refractivity contribution in [3.8, 4) is 0 Å². The average Bonchev–Trinajstić information content (AvgIpc) is 2.71. The lowest BCUT2D eigenvalue weighted by molar-refractivity contribution is -0.138. The number of amides is 1. The molecule has 1 amide bonds. The third kappa shape index (κ3) is 3.17. The Bertz CT molecular complexity index is 631. The number of nitrogens with zero attached hydrogens (tertiary/aromatic N) is 1. The number of nitrogens with one attached hydrogen (secondary N) is 1. The quantitative estimate of drug-likeness (QED) is 0.793. The first kappa shape index (κ1) is 16.2. The van der Waals surface area contributed by atoms with Gasteiger partial charge in [0.15, 0.2) is 0 Å². The van der Waals surface area contributed by atoms with Gasteiger partial charge < -0.3 is 14.8 Å². The van der Waals surface area contributed by atoms with E-state index in [1.807, 2.05) is 0 Å². The number of hydrogen-bond acceptors (Lipinski definition) is 5. The lowest BCUT2D eigenvalue weighted by Gasteiger charge is -2.08. The van der Waals surface area contributed by atoms with Gasteiger partial charge in [-0.05, 0) is 13.8 Å². The molecule has 1 heterocycles. The second kappa shape index (κ2) is 5.63. The van der Waals surface area contributed by atoms with Gasteiger partial charge in [-0.1, -0.05) is 0 Å². The SMILES string of the molecule is Cc1oc(S(=O)(=O)N(C)C)cc1C(=O)NC(C)C(=O)O. The number of hydrogen-bond donors (Lipinski definition) is 2. The summed E-state index contributed by atoms with van der Waals surface area (Å²) in [6, 6.07) is -0.0140. The molecule has 0 aromatic carbocycles. The summed E-state index contributed by atoms with van der Waals surface area (Å²) in [5.41, 5.74) is -0.0153. The molecule has 0 saturated carbocycles. The second-order valence-electron chi connectivity index (χ2n) is 4.36. The zero-order valence-corrected chi connectivity index (χ0v) is 12.3. The fourth-order valence-corrected chi connectivity index (χ4v) is 2.18. The third-order valence-electron chi connectivity index (χ3n) is 2.59. The van der Waals surface area contributed by atoms with Crippen LogP contribution in [0.3, 0.4) is 0 Å². The van der Waals surface area contributed by atoms with Gasteiger partial charge in [-0.2, -0.15) is 0 Å². The van der Waals surface area contributed by atoms with Crippen LogP contribution in [0.1, 0.15) is 23.0 Å². The Labute approximate surface area is 116 Å². The maximum atomic E-state index is 11.9. The molecule has 1 unspecified atom stereocenters. The van der Waals surface area contributed by atoms with Crippen LogP contribution in [0.25, 0.3) is 0 Å². The smallest absolute Gasteiger partial charge is 0.325 e. The molecule has 1 aromatic rings. The van der Waals surface area contributed by atoms with Gasteiger partial charge in [0.2, 0.25) is 5.09 Å². The topological polar surface area (TPSA) is 117 Å². The van der Waals surface area contributed by atoms with Gasteiger partial charge in [-0.25, -0.2) is 12.7 Å². The maximum absolute atomic E-state index is 11.9. The fraction of sp³-hybridized carbons (Fsp3) is 0.455. The molecule has 1 aromatic heterocycles. The van der Waals surface area contributed by atoms with E-state index in [1.165, 1.54) is 27.9 Å². The van der Waals surface area contributed by atoms with Crippen molar-refractivity contribution in [3.63, 3.8) is 0 Å². The van der Waals surface area contributed by atoms with Crippen molar-refractivity contribution >= 4 is 21.9 Å². The van der Waals surface area contributed by atoms with Gasteiger partial charge in [0, 0.05) is 20.2 Å². The highest BCUT2D eigenvalue weighted by Gasteiger charge is 2.26. The van der Waals surface area contributed by atoms with Crippen LogP contribution in [-0.4, -0.2) is 49.8 Å². The molecule has 0 saturated heterocycles. The van der Waals surface area contributed by atoms with Crippen molar-refractivity contribution in [2.75, 3.05) is 14.1 Å². The van der Waals surface area contributed by atoms with Crippen LogP contribution in [0.5, 0.6) is 0 Å². The van der Waals surface area contributed by atoms with Crippen LogP contribution in [0.4, 0.5) is 0 Å². The summed E-state index contributed by atoms with van der Waals surface area (Å²) in [5, 5.41) is 10.6. The number of rotatable bonds is 5. The maximum Gasteiger partial charge on any atom is 0.325 e. The van der Waals surface area contributed by atoms with E-state index in [2.05, 4.69) is 5.32 Å². The van der Waals surface area contributed by atoms with Crippen LogP contribution < -0.4 is 5.32 Å². The molecule has 2 N–H and O–H groups in total. The van der Waals surface area contributed by atoms with Crippen LogP contribution in [0.15, 0.2) is 15.6 Å². The molecule has 0 spiro atoms. The molecule has 1 atom stereocenters. The minimum atomic E-state index is -3.79. The normalized spacial score (nSPS) is 13.2. The number of furan rings is 1. The minimum absolute atomic E-state index is 0.0153. The number of carbonyl (C=O) groups is 2. The van der Waals surface area contributed by atoms with E-state index >= 15 is 0 Å². The van der Waals surface area contributed by atoms with Crippen LogP contribution >= 0.6 is 0 Å². The third-order valence-corrected chi connectivity index (χ3v) is 4.26. The van der Waals surface area contributed by atoms with Gasteiger partial charge in [-0.3, -0.25) is 9.59 Å². The van der Waals surface area contributed by atoms with Crippen molar-refractivity contribution < 1.29 is 27.5 Å². The van der Waals surface area contributed by atoms with Gasteiger partial charge in [0.05, 0.1) is 5.56 Å². The standard InChI is InChI=1S/C11H16N2O6S/c1-6(11(15)16)12-10(14)8-5-9(19-7(8)2)20(17,18)13(3)4/h5-6H,1-4H3,(H,12,14)(H,15,16). The lowest BCUT2D eigenvalue weighted by Crippen LogP contribution is -2.38. The summed E-state index contributed by atoms with van der Waals surface area (Å²) >= 11 is 0. The Kier molecular flexibility index (Phi) is 4.56. The van der Waals surface area contributed by atoms with E-state index in [0.717, 1.165) is 10.4 Å². The van der Waals surface area contributed by atoms with E-state index in [1.54, 1.807) is 0 Å². The highest BCUT2D eigenvalue weighted by molar-refractivity contribution is 7.88. The van der Waals surface area contributed by atoms with Crippen molar-refractivity contribution in [1.82, 2.24) is 9.62 Å². The van der Waals surface area contributed by atoms with Crippen molar-refractivity contribution in [3.05, 3.63) is 17.4 Å². The first-order chi connectivity index (χ1) is 9.07. The van der Waals surface area contributed by atoms with E-state index < -0.39 is 27.9 Å². The van der Waals surface area contributed by atoms with Gasteiger partial charge in [-0.15, -0.1) is 0 Å². The first-order valence-corrected chi connectivity index (χ1v) is 7.08. The van der Waals surface area contributed by atoms with Crippen molar-refractivity contribution in [2.24, 2.45) is 0 Å². The Morgan fingerprint density at radius 3 is 2.40 bits per heavy atom. The fourth-order valence-electron chi connectivity index (χ4n) is 1.32. The Hall–Kier alpha value is -1.87. The van der Waals surface area contributed by atoms with Gasteiger partial charge in [0.25, 0.3) is 15.9 Å². The van der Waals surface area contributed by atoms with Crippen molar-refractivity contribution in [2.45, 2.75) is 25.0 Å². The molecular weight excluding hydrogens is 288 g/mol. The number of aliphatic carboxylic acids is 1. The molecule has 8 nitrogen and oxygen atoms in total. The molecule has 0 aliphatic rings. The Morgan fingerprint density at radius 1 is 1.40 bits per heavy atom. The second-order valence-corrected chi connectivity index (χ2v) is 6.44. The molecule has 1 rings (SSSR count). The molecule has 9 heteroatoms. The molecule has 0 radical (unpaired) electrons. The van der Waals surface area contributed by atoms with E-state index in [-0.39, 0.29) is 16.4 Å². The highest BCUT2D eigenvalue weighted by Crippen LogP contribution is 2.21. The molecule has 0 aliphatic carbocycles. The lowest BCUT2D eigenvalue weighted by atomic mass is 10.2. The molecule has 112 valence electrons. The largest absolute Gasteiger partial charge is 0.480 e. The summed E-state index contributed by atoms with van der Waals surface area (Å²) in [5.74, 6) is -1.80. The number of carboxylic acid groups (broad SMARTS) is 1. The first-order valence-electron chi connectivity index (χ1n) is 5.64. The van der Waals surface area contributed by atoms with E-state index in [9.17, 15) is 18.0 Å². The highest BCUT2D eigenvalue weighted by atomic mass is 32.2. The zero-order chi connectivity index (χ0) is 15.7. The summed E-state index contributed by atoms with van der Waals surface area (Å²) in [7, 11) is -1.12. The van der Waals surface area contributed by atoms with E-state index in [0.29, 0.717) is 0 Å². The number of aryl methyl sites for hydroxylation is 1. The monoisotopic (exact) mass is 304 g/mol. The summed E-state index contributed by atoms with van der Waals surface area (Å²) in [4.78, 5) is 22.5. The van der Waals surface area contributed by atoms with E-state index in [4.69, 9.17) is 9.52 Å².